The number of rotatable bonds is 1. The van der Waals surface area contributed by atoms with Crippen molar-refractivity contribution in [2.24, 2.45) is 40.4 Å². The summed E-state index contributed by atoms with van der Waals surface area (Å²) in [4.78, 5) is 11.8. The number of carboxylic acids is 1. The molecule has 4 aliphatic carbocycles. The van der Waals surface area contributed by atoms with Gasteiger partial charge in [0.25, 0.3) is 0 Å². The highest BCUT2D eigenvalue weighted by Gasteiger charge is 2.64. The van der Waals surface area contributed by atoms with Crippen LogP contribution in [0, 0.1) is 40.4 Å². The van der Waals surface area contributed by atoms with Crippen LogP contribution in [0.1, 0.15) is 65.2 Å². The number of fused-ring (bicyclic) bond motifs is 5. The van der Waals surface area contributed by atoms with Crippen LogP contribution >= 0.6 is 0 Å². The molecule has 4 rings (SSSR count). The molecule has 0 saturated heterocycles. The molecule has 0 aromatic heterocycles. The smallest absolute Gasteiger partial charge is 0.307 e. The summed E-state index contributed by atoms with van der Waals surface area (Å²) < 4.78 is 0. The lowest BCUT2D eigenvalue weighted by atomic mass is 9.44. The molecule has 4 fully saturated rings. The molecule has 136 valence electrons. The summed E-state index contributed by atoms with van der Waals surface area (Å²) >= 11 is 0. The molecule has 0 heterocycles. The number of hydrogen-bond donors (Lipinski definition) is 3. The molecule has 4 heteroatoms. The van der Waals surface area contributed by atoms with Crippen LogP contribution < -0.4 is 0 Å². The number of carboxylic acid groups (broad SMARTS) is 1. The van der Waals surface area contributed by atoms with Gasteiger partial charge in [0.15, 0.2) is 0 Å². The van der Waals surface area contributed by atoms with E-state index in [9.17, 15) is 20.1 Å². The monoisotopic (exact) mass is 336 g/mol. The van der Waals surface area contributed by atoms with Crippen LogP contribution in [0.15, 0.2) is 0 Å². The average molecular weight is 336 g/mol. The van der Waals surface area contributed by atoms with E-state index in [-0.39, 0.29) is 11.5 Å². The van der Waals surface area contributed by atoms with Gasteiger partial charge in [-0.05, 0) is 80.5 Å². The molecule has 0 spiro atoms. The average Bonchev–Trinajstić information content (AvgIpc) is 2.88. The van der Waals surface area contributed by atoms with Crippen molar-refractivity contribution in [2.75, 3.05) is 0 Å². The Kier molecular flexibility index (Phi) is 3.82. The van der Waals surface area contributed by atoms with E-state index in [0.717, 1.165) is 51.4 Å². The molecule has 0 bridgehead atoms. The quantitative estimate of drug-likeness (QED) is 0.688. The maximum Gasteiger partial charge on any atom is 0.307 e. The number of aliphatic hydroxyl groups is 2. The zero-order chi connectivity index (χ0) is 17.3. The molecule has 0 aliphatic heterocycles. The van der Waals surface area contributed by atoms with Crippen LogP contribution in [0.2, 0.25) is 0 Å². The Balaban J connectivity index is 1.66. The van der Waals surface area contributed by atoms with Crippen LogP contribution in [-0.2, 0) is 4.79 Å². The normalized spacial score (nSPS) is 56.9. The summed E-state index contributed by atoms with van der Waals surface area (Å²) in [5.41, 5.74) is -0.240. The van der Waals surface area contributed by atoms with Gasteiger partial charge in [-0.15, -0.1) is 0 Å². The lowest BCUT2D eigenvalue weighted by Crippen LogP contribution is -2.59. The second-order valence-electron chi connectivity index (χ2n) is 9.67. The summed E-state index contributed by atoms with van der Waals surface area (Å²) in [7, 11) is 0. The number of carbonyl (C=O) groups is 1. The lowest BCUT2D eigenvalue weighted by molar-refractivity contribution is -0.180. The van der Waals surface area contributed by atoms with Gasteiger partial charge >= 0.3 is 5.97 Å². The Morgan fingerprint density at radius 2 is 1.71 bits per heavy atom. The third-order valence-corrected chi connectivity index (χ3v) is 9.04. The number of hydrogen-bond acceptors (Lipinski definition) is 3. The van der Waals surface area contributed by atoms with E-state index in [1.54, 1.807) is 0 Å². The molecule has 4 nitrogen and oxygen atoms in total. The summed E-state index contributed by atoms with van der Waals surface area (Å²) in [6.45, 7) is 4.43. The fraction of sp³-hybridized carbons (Fsp3) is 0.950. The van der Waals surface area contributed by atoms with Gasteiger partial charge in [-0.2, -0.15) is 0 Å². The fourth-order valence-electron chi connectivity index (χ4n) is 7.61. The van der Waals surface area contributed by atoms with Crippen LogP contribution in [0.5, 0.6) is 0 Å². The van der Waals surface area contributed by atoms with Gasteiger partial charge in [0.05, 0.1) is 18.1 Å². The van der Waals surface area contributed by atoms with Gasteiger partial charge in [0.1, 0.15) is 0 Å². The Bertz CT molecular complexity index is 534. The first-order valence-electron chi connectivity index (χ1n) is 9.87. The molecular weight excluding hydrogens is 304 g/mol. The lowest BCUT2D eigenvalue weighted by Gasteiger charge is -2.61. The molecule has 4 aliphatic rings. The molecule has 24 heavy (non-hydrogen) atoms. The van der Waals surface area contributed by atoms with E-state index in [4.69, 9.17) is 0 Å². The molecule has 9 atom stereocenters. The molecule has 0 radical (unpaired) electrons. The van der Waals surface area contributed by atoms with Gasteiger partial charge in [-0.1, -0.05) is 13.8 Å². The SMILES string of the molecule is CC12CCC(O)CC1CCC1C2CC(O)C2(C)C(C(=O)O)CCC12. The van der Waals surface area contributed by atoms with E-state index < -0.39 is 23.4 Å². The van der Waals surface area contributed by atoms with Crippen LogP contribution in [-0.4, -0.2) is 33.5 Å². The van der Waals surface area contributed by atoms with Crippen LogP contribution in [0.25, 0.3) is 0 Å². The van der Waals surface area contributed by atoms with Gasteiger partial charge in [-0.25, -0.2) is 0 Å². The maximum atomic E-state index is 11.8. The predicted molar refractivity (Wildman–Crippen MR) is 90.2 cm³/mol. The van der Waals surface area contributed by atoms with Crippen molar-refractivity contribution in [3.8, 4) is 0 Å². The van der Waals surface area contributed by atoms with Crippen LogP contribution in [0.4, 0.5) is 0 Å². The molecule has 9 unspecified atom stereocenters. The Morgan fingerprint density at radius 1 is 0.958 bits per heavy atom. The number of aliphatic carboxylic acids is 1. The van der Waals surface area contributed by atoms with Gasteiger partial charge in [-0.3, -0.25) is 4.79 Å². The van der Waals surface area contributed by atoms with Crippen molar-refractivity contribution in [1.29, 1.82) is 0 Å². The van der Waals surface area contributed by atoms with Crippen molar-refractivity contribution >= 4 is 5.97 Å². The van der Waals surface area contributed by atoms with Crippen LogP contribution in [0.3, 0.4) is 0 Å². The van der Waals surface area contributed by atoms with Crippen molar-refractivity contribution in [1.82, 2.24) is 0 Å². The predicted octanol–water partition coefficient (Wildman–Crippen LogP) is 3.06. The molecule has 0 amide bonds. The fourth-order valence-corrected chi connectivity index (χ4v) is 7.61. The van der Waals surface area contributed by atoms with Gasteiger partial charge in [0, 0.05) is 5.41 Å². The van der Waals surface area contributed by atoms with Gasteiger partial charge < -0.3 is 15.3 Å². The van der Waals surface area contributed by atoms with E-state index >= 15 is 0 Å². The van der Waals surface area contributed by atoms with Crippen molar-refractivity contribution < 1.29 is 20.1 Å². The van der Waals surface area contributed by atoms with E-state index in [2.05, 4.69) is 6.92 Å². The second kappa shape index (κ2) is 5.44. The Labute approximate surface area is 144 Å². The zero-order valence-electron chi connectivity index (χ0n) is 14.9. The summed E-state index contributed by atoms with van der Waals surface area (Å²) in [5, 5.41) is 30.8. The summed E-state index contributed by atoms with van der Waals surface area (Å²) in [6, 6.07) is 0. The highest BCUT2D eigenvalue weighted by atomic mass is 16.4. The molecular formula is C20H32O4. The molecule has 0 aromatic carbocycles. The standard InChI is InChI=1S/C20H32O4/c1-19-8-7-12(21)9-11(19)3-4-13-14-5-6-15(18(23)24)20(14,2)17(22)10-16(13)19/h11-17,21-22H,3-10H2,1-2H3,(H,23,24). The Morgan fingerprint density at radius 3 is 2.42 bits per heavy atom. The van der Waals surface area contributed by atoms with Crippen molar-refractivity contribution in [3.05, 3.63) is 0 Å². The van der Waals surface area contributed by atoms with E-state index in [1.807, 2.05) is 6.92 Å². The van der Waals surface area contributed by atoms with E-state index in [1.165, 1.54) is 0 Å². The molecule has 3 N–H and O–H groups in total. The van der Waals surface area contributed by atoms with Crippen molar-refractivity contribution in [3.63, 3.8) is 0 Å². The third-order valence-electron chi connectivity index (χ3n) is 9.04. The largest absolute Gasteiger partial charge is 0.481 e. The first kappa shape index (κ1) is 16.8. The minimum absolute atomic E-state index is 0.152. The minimum atomic E-state index is -0.724. The first-order chi connectivity index (χ1) is 11.3. The number of aliphatic hydroxyl groups excluding tert-OH is 2. The first-order valence-corrected chi connectivity index (χ1v) is 9.87. The second-order valence-corrected chi connectivity index (χ2v) is 9.67. The highest BCUT2D eigenvalue weighted by molar-refractivity contribution is 5.71. The third kappa shape index (κ3) is 2.08. The zero-order valence-corrected chi connectivity index (χ0v) is 14.9. The highest BCUT2D eigenvalue weighted by Crippen LogP contribution is 2.67. The van der Waals surface area contributed by atoms with Gasteiger partial charge in [0.2, 0.25) is 0 Å². The summed E-state index contributed by atoms with van der Waals surface area (Å²) in [6.07, 6.45) is 6.93. The minimum Gasteiger partial charge on any atom is -0.481 e. The van der Waals surface area contributed by atoms with Crippen molar-refractivity contribution in [2.45, 2.75) is 77.4 Å². The summed E-state index contributed by atoms with van der Waals surface area (Å²) in [5.74, 6) is 0.840. The van der Waals surface area contributed by atoms with E-state index in [0.29, 0.717) is 23.7 Å². The maximum absolute atomic E-state index is 11.8. The Hall–Kier alpha value is -0.610. The molecule has 0 aromatic rings. The topological polar surface area (TPSA) is 77.8 Å². The molecule has 4 saturated carbocycles.